The molecule has 0 aliphatic rings. The van der Waals surface area contributed by atoms with E-state index < -0.39 is 5.82 Å². The number of ketones is 1. The largest absolute Gasteiger partial charge is 0.324 e. The van der Waals surface area contributed by atoms with Crippen molar-refractivity contribution >= 4 is 21.7 Å². The van der Waals surface area contributed by atoms with Crippen molar-refractivity contribution in [3.05, 3.63) is 33.0 Å². The maximum absolute atomic E-state index is 13.3. The maximum atomic E-state index is 13.3. The van der Waals surface area contributed by atoms with Crippen LogP contribution in [0.2, 0.25) is 0 Å². The van der Waals surface area contributed by atoms with Crippen LogP contribution in [0.4, 0.5) is 4.39 Å². The Morgan fingerprint density at radius 2 is 2.14 bits per heavy atom. The van der Waals surface area contributed by atoms with E-state index in [1.807, 2.05) is 0 Å². The third kappa shape index (κ3) is 1.86. The smallest absolute Gasteiger partial charge is 0.177 e. The standard InChI is InChI=1S/C10H11BrFNO/c1-5-3-7(12)10(11)9(6(5)2)8(14)4-13/h3H,4,13H2,1-2H3. The molecule has 0 aliphatic carbocycles. The molecule has 0 bridgehead atoms. The Hall–Kier alpha value is -0.740. The Labute approximate surface area is 90.4 Å². The summed E-state index contributed by atoms with van der Waals surface area (Å²) < 4.78 is 13.5. The molecule has 1 aromatic carbocycles. The topological polar surface area (TPSA) is 43.1 Å². The molecule has 2 nitrogen and oxygen atoms in total. The quantitative estimate of drug-likeness (QED) is 0.829. The number of carbonyl (C=O) groups is 1. The highest BCUT2D eigenvalue weighted by atomic mass is 79.9. The molecule has 0 radical (unpaired) electrons. The van der Waals surface area contributed by atoms with Crippen LogP contribution in [0, 0.1) is 19.7 Å². The zero-order valence-electron chi connectivity index (χ0n) is 8.03. The van der Waals surface area contributed by atoms with E-state index >= 15 is 0 Å². The Morgan fingerprint density at radius 3 is 2.64 bits per heavy atom. The van der Waals surface area contributed by atoms with E-state index in [-0.39, 0.29) is 16.8 Å². The van der Waals surface area contributed by atoms with Crippen molar-refractivity contribution in [2.45, 2.75) is 13.8 Å². The van der Waals surface area contributed by atoms with E-state index in [0.29, 0.717) is 5.56 Å². The summed E-state index contributed by atoms with van der Waals surface area (Å²) in [5.41, 5.74) is 7.13. The van der Waals surface area contributed by atoms with Crippen molar-refractivity contribution in [3.63, 3.8) is 0 Å². The monoisotopic (exact) mass is 259 g/mol. The van der Waals surface area contributed by atoms with Gasteiger partial charge in [0.15, 0.2) is 5.78 Å². The van der Waals surface area contributed by atoms with E-state index in [4.69, 9.17) is 5.73 Å². The van der Waals surface area contributed by atoms with Gasteiger partial charge in [-0.25, -0.2) is 4.39 Å². The molecule has 0 aromatic heterocycles. The number of hydrogen-bond donors (Lipinski definition) is 1. The lowest BCUT2D eigenvalue weighted by Crippen LogP contribution is -2.16. The number of nitrogens with two attached hydrogens (primary N) is 1. The predicted molar refractivity (Wildman–Crippen MR) is 57.0 cm³/mol. The Bertz CT molecular complexity index is 364. The molecule has 0 unspecified atom stereocenters. The molecule has 0 spiro atoms. The Morgan fingerprint density at radius 1 is 1.57 bits per heavy atom. The van der Waals surface area contributed by atoms with Gasteiger partial charge in [-0.1, -0.05) is 0 Å². The molecule has 2 N–H and O–H groups in total. The molecule has 1 aromatic rings. The molecule has 0 fully saturated rings. The van der Waals surface area contributed by atoms with Crippen LogP contribution in [-0.4, -0.2) is 12.3 Å². The SMILES string of the molecule is Cc1cc(F)c(Br)c(C(=O)CN)c1C. The van der Waals surface area contributed by atoms with Crippen molar-refractivity contribution in [1.29, 1.82) is 0 Å². The summed E-state index contributed by atoms with van der Waals surface area (Å²) in [4.78, 5) is 11.4. The van der Waals surface area contributed by atoms with Crippen molar-refractivity contribution in [2.75, 3.05) is 6.54 Å². The van der Waals surface area contributed by atoms with E-state index in [1.54, 1.807) is 13.8 Å². The van der Waals surface area contributed by atoms with Crippen molar-refractivity contribution in [2.24, 2.45) is 5.73 Å². The maximum Gasteiger partial charge on any atom is 0.177 e. The summed E-state index contributed by atoms with van der Waals surface area (Å²) >= 11 is 3.06. The number of Topliss-reactive ketones (excluding diaryl/α,β-unsaturated/α-hetero) is 1. The van der Waals surface area contributed by atoms with Crippen LogP contribution in [0.25, 0.3) is 0 Å². The van der Waals surface area contributed by atoms with E-state index in [9.17, 15) is 9.18 Å². The van der Waals surface area contributed by atoms with Gasteiger partial charge in [-0.05, 0) is 47.0 Å². The third-order valence-corrected chi connectivity index (χ3v) is 2.98. The fourth-order valence-corrected chi connectivity index (χ4v) is 1.91. The van der Waals surface area contributed by atoms with E-state index in [1.165, 1.54) is 6.07 Å². The minimum Gasteiger partial charge on any atom is -0.324 e. The van der Waals surface area contributed by atoms with Crippen LogP contribution in [0.3, 0.4) is 0 Å². The van der Waals surface area contributed by atoms with Gasteiger partial charge >= 0.3 is 0 Å². The van der Waals surface area contributed by atoms with Crippen LogP contribution in [0.1, 0.15) is 21.5 Å². The third-order valence-electron chi connectivity index (χ3n) is 2.20. The molecule has 0 atom stereocenters. The summed E-state index contributed by atoms with van der Waals surface area (Å²) in [5, 5.41) is 0. The molecular weight excluding hydrogens is 249 g/mol. The van der Waals surface area contributed by atoms with Gasteiger partial charge in [0.2, 0.25) is 0 Å². The first kappa shape index (κ1) is 11.3. The molecule has 0 saturated heterocycles. The van der Waals surface area contributed by atoms with Crippen LogP contribution in [0.15, 0.2) is 10.5 Å². The fraction of sp³-hybridized carbons (Fsp3) is 0.300. The second-order valence-corrected chi connectivity index (χ2v) is 3.91. The van der Waals surface area contributed by atoms with Crippen molar-refractivity contribution in [3.8, 4) is 0 Å². The molecule has 0 saturated carbocycles. The zero-order valence-corrected chi connectivity index (χ0v) is 9.61. The first-order valence-corrected chi connectivity index (χ1v) is 4.96. The number of hydrogen-bond acceptors (Lipinski definition) is 2. The van der Waals surface area contributed by atoms with Gasteiger partial charge in [-0.15, -0.1) is 0 Å². The molecular formula is C10H11BrFNO. The highest BCUT2D eigenvalue weighted by Crippen LogP contribution is 2.26. The average Bonchev–Trinajstić information content (AvgIpc) is 2.15. The van der Waals surface area contributed by atoms with Gasteiger partial charge in [0.05, 0.1) is 11.0 Å². The van der Waals surface area contributed by atoms with Crippen molar-refractivity contribution in [1.82, 2.24) is 0 Å². The van der Waals surface area contributed by atoms with E-state index in [2.05, 4.69) is 15.9 Å². The number of aryl methyl sites for hydroxylation is 1. The minimum absolute atomic E-state index is 0.109. The van der Waals surface area contributed by atoms with Gasteiger partial charge in [0.25, 0.3) is 0 Å². The molecule has 0 amide bonds. The first-order chi connectivity index (χ1) is 6.49. The van der Waals surface area contributed by atoms with Gasteiger partial charge in [-0.3, -0.25) is 4.79 Å². The highest BCUT2D eigenvalue weighted by molar-refractivity contribution is 9.10. The number of benzene rings is 1. The summed E-state index contributed by atoms with van der Waals surface area (Å²) in [6, 6.07) is 1.40. The van der Waals surface area contributed by atoms with Crippen LogP contribution >= 0.6 is 15.9 Å². The van der Waals surface area contributed by atoms with Gasteiger partial charge < -0.3 is 5.73 Å². The summed E-state index contributed by atoms with van der Waals surface area (Å²) in [7, 11) is 0. The second kappa shape index (κ2) is 4.19. The predicted octanol–water partition coefficient (Wildman–Crippen LogP) is 2.35. The summed E-state index contributed by atoms with van der Waals surface area (Å²) in [6.07, 6.45) is 0. The van der Waals surface area contributed by atoms with Gasteiger partial charge in [0.1, 0.15) is 5.82 Å². The van der Waals surface area contributed by atoms with E-state index in [0.717, 1.165) is 11.1 Å². The average molecular weight is 260 g/mol. The number of halogens is 2. The Balaban J connectivity index is 3.47. The molecule has 0 heterocycles. The van der Waals surface area contributed by atoms with Gasteiger partial charge in [-0.2, -0.15) is 0 Å². The molecule has 4 heteroatoms. The highest BCUT2D eigenvalue weighted by Gasteiger charge is 2.16. The fourth-order valence-electron chi connectivity index (χ4n) is 1.28. The lowest BCUT2D eigenvalue weighted by molar-refractivity contribution is 0.0999. The lowest BCUT2D eigenvalue weighted by Gasteiger charge is -2.10. The van der Waals surface area contributed by atoms with Crippen molar-refractivity contribution < 1.29 is 9.18 Å². The van der Waals surface area contributed by atoms with Gasteiger partial charge in [0, 0.05) is 5.56 Å². The summed E-state index contributed by atoms with van der Waals surface area (Å²) in [5.74, 6) is -0.679. The lowest BCUT2D eigenvalue weighted by atomic mass is 10.00. The molecule has 76 valence electrons. The van der Waals surface area contributed by atoms with Crippen LogP contribution < -0.4 is 5.73 Å². The van der Waals surface area contributed by atoms with Crippen LogP contribution in [0.5, 0.6) is 0 Å². The Kier molecular flexibility index (Phi) is 3.39. The molecule has 14 heavy (non-hydrogen) atoms. The summed E-state index contributed by atoms with van der Waals surface area (Å²) in [6.45, 7) is 3.43. The number of rotatable bonds is 2. The number of carbonyl (C=O) groups excluding carboxylic acids is 1. The second-order valence-electron chi connectivity index (χ2n) is 3.12. The minimum atomic E-state index is -0.426. The molecule has 1 rings (SSSR count). The normalized spacial score (nSPS) is 10.4. The van der Waals surface area contributed by atoms with Crippen LogP contribution in [-0.2, 0) is 0 Å². The zero-order chi connectivity index (χ0) is 10.9. The molecule has 0 aliphatic heterocycles. The first-order valence-electron chi connectivity index (χ1n) is 4.17.